The summed E-state index contributed by atoms with van der Waals surface area (Å²) in [4.78, 5) is 0. The summed E-state index contributed by atoms with van der Waals surface area (Å²) in [5.41, 5.74) is 4.18. The standard InChI is InChI=1S/C15H19N/c1-15(2,3)13-9-10-14(16-11-13)12-7-5-4-6-8-12/h4-10,16H,11H2,1-3H3. The summed E-state index contributed by atoms with van der Waals surface area (Å²) < 4.78 is 0. The number of hydrogen-bond acceptors (Lipinski definition) is 1. The number of benzene rings is 1. The summed E-state index contributed by atoms with van der Waals surface area (Å²) >= 11 is 0. The number of nitrogens with one attached hydrogen (secondary N) is 1. The molecule has 1 nitrogen and oxygen atoms in total. The topological polar surface area (TPSA) is 12.0 Å². The van der Waals surface area contributed by atoms with Crippen LogP contribution in [0.5, 0.6) is 0 Å². The van der Waals surface area contributed by atoms with Crippen LogP contribution in [0.4, 0.5) is 0 Å². The van der Waals surface area contributed by atoms with E-state index in [1.165, 1.54) is 16.8 Å². The van der Waals surface area contributed by atoms with Crippen molar-refractivity contribution in [3.63, 3.8) is 0 Å². The predicted octanol–water partition coefficient (Wildman–Crippen LogP) is 3.60. The third-order valence-corrected chi connectivity index (χ3v) is 2.97. The lowest BCUT2D eigenvalue weighted by atomic mass is 9.85. The van der Waals surface area contributed by atoms with Crippen molar-refractivity contribution in [1.82, 2.24) is 5.32 Å². The Morgan fingerprint density at radius 1 is 1.00 bits per heavy atom. The van der Waals surface area contributed by atoms with Crippen molar-refractivity contribution >= 4 is 5.70 Å². The third-order valence-electron chi connectivity index (χ3n) is 2.97. The molecule has 0 saturated heterocycles. The van der Waals surface area contributed by atoms with Crippen molar-refractivity contribution < 1.29 is 0 Å². The minimum Gasteiger partial charge on any atom is -0.381 e. The first-order valence-electron chi connectivity index (χ1n) is 5.78. The molecule has 0 atom stereocenters. The van der Waals surface area contributed by atoms with E-state index in [1.54, 1.807) is 0 Å². The van der Waals surface area contributed by atoms with Crippen molar-refractivity contribution in [3.8, 4) is 0 Å². The fourth-order valence-corrected chi connectivity index (χ4v) is 1.82. The van der Waals surface area contributed by atoms with Crippen LogP contribution in [-0.2, 0) is 0 Å². The number of dihydropyridines is 1. The number of allylic oxidation sites excluding steroid dienone is 2. The Bertz CT molecular complexity index is 418. The average molecular weight is 213 g/mol. The molecule has 0 amide bonds. The lowest BCUT2D eigenvalue weighted by molar-refractivity contribution is 0.487. The van der Waals surface area contributed by atoms with Crippen LogP contribution in [0.15, 0.2) is 48.1 Å². The average Bonchev–Trinajstić information content (AvgIpc) is 2.29. The van der Waals surface area contributed by atoms with Gasteiger partial charge in [-0.25, -0.2) is 0 Å². The zero-order valence-electron chi connectivity index (χ0n) is 10.2. The van der Waals surface area contributed by atoms with Crippen molar-refractivity contribution in [2.45, 2.75) is 20.8 Å². The molecule has 2 rings (SSSR count). The van der Waals surface area contributed by atoms with E-state index in [-0.39, 0.29) is 5.41 Å². The molecule has 0 aliphatic carbocycles. The summed E-state index contributed by atoms with van der Waals surface area (Å²) in [6.45, 7) is 7.70. The molecule has 16 heavy (non-hydrogen) atoms. The summed E-state index contributed by atoms with van der Waals surface area (Å²) in [7, 11) is 0. The molecular formula is C15H19N. The Hall–Kier alpha value is -1.50. The SMILES string of the molecule is CC(C)(C)C1=CC=C(c2ccccc2)NC1. The lowest BCUT2D eigenvalue weighted by Crippen LogP contribution is -2.25. The summed E-state index contributed by atoms with van der Waals surface area (Å²) in [6, 6.07) is 10.5. The molecule has 1 aliphatic rings. The van der Waals surface area contributed by atoms with Crippen LogP contribution in [0.25, 0.3) is 5.70 Å². The van der Waals surface area contributed by atoms with Gasteiger partial charge in [0, 0.05) is 12.2 Å². The van der Waals surface area contributed by atoms with Gasteiger partial charge in [0.1, 0.15) is 0 Å². The zero-order valence-corrected chi connectivity index (χ0v) is 10.2. The molecule has 1 N–H and O–H groups in total. The highest BCUT2D eigenvalue weighted by molar-refractivity contribution is 5.67. The maximum absolute atomic E-state index is 3.48. The number of hydrogen-bond donors (Lipinski definition) is 1. The molecule has 0 saturated carbocycles. The molecule has 84 valence electrons. The fraction of sp³-hybridized carbons (Fsp3) is 0.333. The molecule has 0 bridgehead atoms. The van der Waals surface area contributed by atoms with Gasteiger partial charge in [-0.3, -0.25) is 0 Å². The van der Waals surface area contributed by atoms with Gasteiger partial charge >= 0.3 is 0 Å². The molecule has 0 aromatic heterocycles. The van der Waals surface area contributed by atoms with Crippen LogP contribution in [0, 0.1) is 5.41 Å². The summed E-state index contributed by atoms with van der Waals surface area (Å²) in [6.07, 6.45) is 4.43. The van der Waals surface area contributed by atoms with Crippen LogP contribution in [0.1, 0.15) is 26.3 Å². The van der Waals surface area contributed by atoms with E-state index >= 15 is 0 Å². The lowest BCUT2D eigenvalue weighted by Gasteiger charge is -2.27. The van der Waals surface area contributed by atoms with Crippen molar-refractivity contribution in [1.29, 1.82) is 0 Å². The van der Waals surface area contributed by atoms with Gasteiger partial charge in [-0.15, -0.1) is 0 Å². The second kappa shape index (κ2) is 4.17. The van der Waals surface area contributed by atoms with Crippen molar-refractivity contribution in [3.05, 3.63) is 53.6 Å². The highest BCUT2D eigenvalue weighted by atomic mass is 14.9. The molecular weight excluding hydrogens is 194 g/mol. The molecule has 0 radical (unpaired) electrons. The van der Waals surface area contributed by atoms with E-state index in [1.807, 2.05) is 6.07 Å². The smallest absolute Gasteiger partial charge is 0.0416 e. The summed E-state index contributed by atoms with van der Waals surface area (Å²) in [5, 5.41) is 3.48. The maximum atomic E-state index is 3.48. The monoisotopic (exact) mass is 213 g/mol. The highest BCUT2D eigenvalue weighted by Crippen LogP contribution is 2.27. The molecule has 1 aromatic rings. The molecule has 0 unspecified atom stereocenters. The number of rotatable bonds is 1. The van der Waals surface area contributed by atoms with E-state index in [0.717, 1.165) is 6.54 Å². The molecule has 0 spiro atoms. The van der Waals surface area contributed by atoms with Gasteiger partial charge in [-0.2, -0.15) is 0 Å². The predicted molar refractivity (Wildman–Crippen MR) is 70.0 cm³/mol. The minimum absolute atomic E-state index is 0.256. The highest BCUT2D eigenvalue weighted by Gasteiger charge is 2.18. The molecule has 1 aromatic carbocycles. The largest absolute Gasteiger partial charge is 0.381 e. The third kappa shape index (κ3) is 2.35. The minimum atomic E-state index is 0.256. The second-order valence-corrected chi connectivity index (χ2v) is 5.24. The van der Waals surface area contributed by atoms with Gasteiger partial charge in [0.15, 0.2) is 0 Å². The van der Waals surface area contributed by atoms with E-state index in [9.17, 15) is 0 Å². The fourth-order valence-electron chi connectivity index (χ4n) is 1.82. The Morgan fingerprint density at radius 2 is 1.69 bits per heavy atom. The first-order valence-corrected chi connectivity index (χ1v) is 5.78. The van der Waals surface area contributed by atoms with E-state index in [0.29, 0.717) is 0 Å². The Kier molecular flexibility index (Phi) is 2.86. The van der Waals surface area contributed by atoms with Gasteiger partial charge < -0.3 is 5.32 Å². The first kappa shape index (κ1) is 11.0. The van der Waals surface area contributed by atoms with Gasteiger partial charge in [-0.1, -0.05) is 57.2 Å². The first-order chi connectivity index (χ1) is 7.57. The van der Waals surface area contributed by atoms with Gasteiger partial charge in [0.2, 0.25) is 0 Å². The van der Waals surface area contributed by atoms with E-state index < -0.39 is 0 Å². The second-order valence-electron chi connectivity index (χ2n) is 5.24. The van der Waals surface area contributed by atoms with E-state index in [4.69, 9.17) is 0 Å². The van der Waals surface area contributed by atoms with Crippen molar-refractivity contribution in [2.75, 3.05) is 6.54 Å². The van der Waals surface area contributed by atoms with Crippen LogP contribution < -0.4 is 5.32 Å². The quantitative estimate of drug-likeness (QED) is 0.751. The van der Waals surface area contributed by atoms with Crippen LogP contribution in [0.3, 0.4) is 0 Å². The molecule has 1 heteroatoms. The Morgan fingerprint density at radius 3 is 2.19 bits per heavy atom. The summed E-state index contributed by atoms with van der Waals surface area (Å²) in [5.74, 6) is 0. The van der Waals surface area contributed by atoms with Gasteiger partial charge in [0.05, 0.1) is 0 Å². The normalized spacial score (nSPS) is 16.2. The van der Waals surface area contributed by atoms with Crippen LogP contribution >= 0.6 is 0 Å². The van der Waals surface area contributed by atoms with Gasteiger partial charge in [-0.05, 0) is 22.6 Å². The van der Waals surface area contributed by atoms with Crippen molar-refractivity contribution in [2.24, 2.45) is 5.41 Å². The molecule has 1 heterocycles. The Balaban J connectivity index is 2.24. The maximum Gasteiger partial charge on any atom is 0.0416 e. The van der Waals surface area contributed by atoms with Crippen LogP contribution in [-0.4, -0.2) is 6.54 Å². The molecule has 0 fully saturated rings. The van der Waals surface area contributed by atoms with Gasteiger partial charge in [0.25, 0.3) is 0 Å². The zero-order chi connectivity index (χ0) is 11.6. The Labute approximate surface area is 97.9 Å². The van der Waals surface area contributed by atoms with Crippen LogP contribution in [0.2, 0.25) is 0 Å². The molecule has 1 aliphatic heterocycles. The van der Waals surface area contributed by atoms with E-state index in [2.05, 4.69) is 62.5 Å².